The van der Waals surface area contributed by atoms with Crippen molar-refractivity contribution in [1.82, 2.24) is 10.2 Å². The Balaban J connectivity index is 1.53. The van der Waals surface area contributed by atoms with E-state index in [1.165, 1.54) is 25.7 Å². The Bertz CT molecular complexity index is 639. The van der Waals surface area contributed by atoms with Gasteiger partial charge in [-0.15, -0.1) is 22.0 Å². The predicted octanol–water partition coefficient (Wildman–Crippen LogP) is 3.91. The van der Waals surface area contributed by atoms with E-state index >= 15 is 0 Å². The first-order valence-corrected chi connectivity index (χ1v) is 8.17. The highest BCUT2D eigenvalue weighted by Gasteiger charge is 2.17. The second-order valence-corrected chi connectivity index (χ2v) is 6.67. The zero-order chi connectivity index (χ0) is 14.1. The zero-order valence-electron chi connectivity index (χ0n) is 11.6. The molecule has 21 heavy (non-hydrogen) atoms. The fourth-order valence-electron chi connectivity index (χ4n) is 2.77. The molecule has 108 valence electrons. The second kappa shape index (κ2) is 5.56. The van der Waals surface area contributed by atoms with Crippen molar-refractivity contribution in [2.75, 3.05) is 6.79 Å². The standard InChI is InChI=1S/C16H16N2O2S/c1-2-4-12(3-1)21-16-8-6-13(17-18-16)11-5-7-14-15(9-11)20-10-19-14/h5-9,12H,1-4,10H2. The van der Waals surface area contributed by atoms with Crippen LogP contribution in [-0.2, 0) is 0 Å². The summed E-state index contributed by atoms with van der Waals surface area (Å²) in [6, 6.07) is 9.95. The number of thioether (sulfide) groups is 1. The lowest BCUT2D eigenvalue weighted by Gasteiger charge is -2.07. The molecule has 0 amide bonds. The molecular formula is C16H16N2O2S. The van der Waals surface area contributed by atoms with Gasteiger partial charge in [0.1, 0.15) is 5.03 Å². The summed E-state index contributed by atoms with van der Waals surface area (Å²) in [4.78, 5) is 0. The van der Waals surface area contributed by atoms with E-state index in [0.29, 0.717) is 6.79 Å². The molecule has 0 N–H and O–H groups in total. The van der Waals surface area contributed by atoms with Gasteiger partial charge >= 0.3 is 0 Å². The topological polar surface area (TPSA) is 44.2 Å². The summed E-state index contributed by atoms with van der Waals surface area (Å²) in [5, 5.41) is 10.4. The van der Waals surface area contributed by atoms with Crippen LogP contribution in [0.1, 0.15) is 25.7 Å². The SMILES string of the molecule is c1cc2c(cc1-c1ccc(SC3CCCC3)nn1)OCO2. The third-order valence-electron chi connectivity index (χ3n) is 3.90. The van der Waals surface area contributed by atoms with Crippen molar-refractivity contribution >= 4 is 11.8 Å². The molecular weight excluding hydrogens is 284 g/mol. The number of nitrogens with zero attached hydrogens (tertiary/aromatic N) is 2. The molecule has 1 aromatic carbocycles. The molecule has 0 atom stereocenters. The van der Waals surface area contributed by atoms with E-state index in [2.05, 4.69) is 16.3 Å². The van der Waals surface area contributed by atoms with Crippen LogP contribution >= 0.6 is 11.8 Å². The monoisotopic (exact) mass is 300 g/mol. The molecule has 1 aliphatic heterocycles. The second-order valence-electron chi connectivity index (χ2n) is 5.35. The molecule has 2 aliphatic rings. The van der Waals surface area contributed by atoms with Gasteiger partial charge < -0.3 is 9.47 Å². The molecule has 2 aromatic rings. The summed E-state index contributed by atoms with van der Waals surface area (Å²) in [6.07, 6.45) is 5.30. The number of aromatic nitrogens is 2. The summed E-state index contributed by atoms with van der Waals surface area (Å²) in [6.45, 7) is 0.293. The van der Waals surface area contributed by atoms with Gasteiger partial charge in [-0.3, -0.25) is 0 Å². The predicted molar refractivity (Wildman–Crippen MR) is 81.7 cm³/mol. The minimum absolute atomic E-state index is 0.293. The van der Waals surface area contributed by atoms with E-state index in [4.69, 9.17) is 9.47 Å². The van der Waals surface area contributed by atoms with Crippen molar-refractivity contribution in [3.8, 4) is 22.8 Å². The van der Waals surface area contributed by atoms with Gasteiger partial charge in [0.05, 0.1) is 5.69 Å². The average Bonchev–Trinajstić information content (AvgIpc) is 3.18. The van der Waals surface area contributed by atoms with Crippen LogP contribution < -0.4 is 9.47 Å². The van der Waals surface area contributed by atoms with E-state index < -0.39 is 0 Å². The van der Waals surface area contributed by atoms with Gasteiger partial charge in [0, 0.05) is 10.8 Å². The number of ether oxygens (including phenoxy) is 2. The van der Waals surface area contributed by atoms with Crippen LogP contribution in [0.4, 0.5) is 0 Å². The van der Waals surface area contributed by atoms with Gasteiger partial charge in [0.2, 0.25) is 6.79 Å². The summed E-state index contributed by atoms with van der Waals surface area (Å²) in [5.41, 5.74) is 1.87. The maximum absolute atomic E-state index is 5.40. The van der Waals surface area contributed by atoms with Crippen molar-refractivity contribution in [2.45, 2.75) is 36.0 Å². The maximum Gasteiger partial charge on any atom is 0.231 e. The first kappa shape index (κ1) is 13.0. The van der Waals surface area contributed by atoms with Gasteiger partial charge in [0.15, 0.2) is 11.5 Å². The van der Waals surface area contributed by atoms with Crippen LogP contribution in [0.3, 0.4) is 0 Å². The molecule has 1 aromatic heterocycles. The van der Waals surface area contributed by atoms with E-state index in [1.54, 1.807) is 0 Å². The summed E-state index contributed by atoms with van der Waals surface area (Å²) >= 11 is 1.86. The molecule has 5 heteroatoms. The van der Waals surface area contributed by atoms with Crippen molar-refractivity contribution in [3.05, 3.63) is 30.3 Å². The Morgan fingerprint density at radius 2 is 1.81 bits per heavy atom. The number of hydrogen-bond donors (Lipinski definition) is 0. The van der Waals surface area contributed by atoms with Crippen molar-refractivity contribution in [1.29, 1.82) is 0 Å². The Morgan fingerprint density at radius 3 is 2.62 bits per heavy atom. The van der Waals surface area contributed by atoms with Gasteiger partial charge in [0.25, 0.3) is 0 Å². The lowest BCUT2D eigenvalue weighted by atomic mass is 10.1. The molecule has 0 saturated heterocycles. The van der Waals surface area contributed by atoms with Crippen LogP contribution in [-0.4, -0.2) is 22.2 Å². The van der Waals surface area contributed by atoms with Gasteiger partial charge in [-0.25, -0.2) is 0 Å². The largest absolute Gasteiger partial charge is 0.454 e. The Hall–Kier alpha value is -1.75. The summed E-state index contributed by atoms with van der Waals surface area (Å²) in [5.74, 6) is 1.57. The molecule has 2 heterocycles. The minimum Gasteiger partial charge on any atom is -0.454 e. The summed E-state index contributed by atoms with van der Waals surface area (Å²) < 4.78 is 10.7. The smallest absolute Gasteiger partial charge is 0.231 e. The lowest BCUT2D eigenvalue weighted by molar-refractivity contribution is 0.174. The summed E-state index contributed by atoms with van der Waals surface area (Å²) in [7, 11) is 0. The molecule has 0 radical (unpaired) electrons. The minimum atomic E-state index is 0.293. The highest BCUT2D eigenvalue weighted by molar-refractivity contribution is 7.99. The Morgan fingerprint density at radius 1 is 0.952 bits per heavy atom. The molecule has 1 saturated carbocycles. The highest BCUT2D eigenvalue weighted by atomic mass is 32.2. The van der Waals surface area contributed by atoms with E-state index in [-0.39, 0.29) is 0 Å². The lowest BCUT2D eigenvalue weighted by Crippen LogP contribution is -1.96. The Kier molecular flexibility index (Phi) is 3.43. The first-order chi connectivity index (χ1) is 10.4. The number of fused-ring (bicyclic) bond motifs is 1. The van der Waals surface area contributed by atoms with Gasteiger partial charge in [-0.1, -0.05) is 12.8 Å². The normalized spacial score (nSPS) is 17.3. The fraction of sp³-hybridized carbons (Fsp3) is 0.375. The molecule has 0 unspecified atom stereocenters. The molecule has 1 aliphatic carbocycles. The van der Waals surface area contributed by atoms with Crippen molar-refractivity contribution < 1.29 is 9.47 Å². The fourth-order valence-corrected chi connectivity index (χ4v) is 3.91. The maximum atomic E-state index is 5.40. The zero-order valence-corrected chi connectivity index (χ0v) is 12.4. The van der Waals surface area contributed by atoms with Crippen LogP contribution in [0.2, 0.25) is 0 Å². The van der Waals surface area contributed by atoms with Gasteiger partial charge in [-0.05, 0) is 43.2 Å². The van der Waals surface area contributed by atoms with Crippen LogP contribution in [0, 0.1) is 0 Å². The van der Waals surface area contributed by atoms with E-state index in [9.17, 15) is 0 Å². The molecule has 0 bridgehead atoms. The van der Waals surface area contributed by atoms with E-state index in [1.807, 2.05) is 36.0 Å². The number of benzene rings is 1. The number of hydrogen-bond acceptors (Lipinski definition) is 5. The molecule has 4 rings (SSSR count). The molecule has 1 fully saturated rings. The first-order valence-electron chi connectivity index (χ1n) is 7.29. The average molecular weight is 300 g/mol. The molecule has 0 spiro atoms. The highest BCUT2D eigenvalue weighted by Crippen LogP contribution is 2.36. The third-order valence-corrected chi connectivity index (χ3v) is 5.16. The molecule has 4 nitrogen and oxygen atoms in total. The number of rotatable bonds is 3. The van der Waals surface area contributed by atoms with Crippen molar-refractivity contribution in [3.63, 3.8) is 0 Å². The van der Waals surface area contributed by atoms with Crippen LogP contribution in [0.25, 0.3) is 11.3 Å². The van der Waals surface area contributed by atoms with Gasteiger partial charge in [-0.2, -0.15) is 0 Å². The third kappa shape index (κ3) is 2.70. The van der Waals surface area contributed by atoms with Crippen LogP contribution in [0.5, 0.6) is 11.5 Å². The quantitative estimate of drug-likeness (QED) is 0.860. The van der Waals surface area contributed by atoms with Crippen LogP contribution in [0.15, 0.2) is 35.4 Å². The Labute approximate surface area is 127 Å². The van der Waals surface area contributed by atoms with Crippen molar-refractivity contribution in [2.24, 2.45) is 0 Å². The van der Waals surface area contributed by atoms with E-state index in [0.717, 1.165) is 33.0 Å².